The van der Waals surface area contributed by atoms with Crippen LogP contribution in [0.4, 0.5) is 0 Å². The molecule has 0 aliphatic rings. The molecule has 0 saturated carbocycles. The molecule has 0 aliphatic carbocycles. The summed E-state index contributed by atoms with van der Waals surface area (Å²) in [5.41, 5.74) is 4.55. The van der Waals surface area contributed by atoms with Crippen molar-refractivity contribution in [2.75, 3.05) is 5.33 Å². The Kier molecular flexibility index (Phi) is 4.75. The third-order valence-corrected chi connectivity index (χ3v) is 4.80. The smallest absolute Gasteiger partial charge is 0.0797 e. The first kappa shape index (κ1) is 12.8. The van der Waals surface area contributed by atoms with Gasteiger partial charge in [-0.3, -0.25) is 0 Å². The molecule has 0 bridgehead atoms. The van der Waals surface area contributed by atoms with Gasteiger partial charge < -0.3 is 0 Å². The van der Waals surface area contributed by atoms with E-state index >= 15 is 0 Å². The van der Waals surface area contributed by atoms with Crippen LogP contribution < -0.4 is 0 Å². The Hall–Kier alpha value is -0.670. The molecule has 1 heterocycles. The number of nitrogens with zero attached hydrogens (tertiary/aromatic N) is 1. The quantitative estimate of drug-likeness (QED) is 0.738. The van der Waals surface area contributed by atoms with E-state index in [1.807, 2.05) is 5.51 Å². The molecule has 0 N–H and O–H groups in total. The average molecular weight is 310 g/mol. The summed E-state index contributed by atoms with van der Waals surface area (Å²) >= 11 is 5.39. The van der Waals surface area contributed by atoms with Crippen LogP contribution in [-0.2, 0) is 6.42 Å². The normalized spacial score (nSPS) is 12.6. The molecule has 1 unspecified atom stereocenters. The van der Waals surface area contributed by atoms with Crippen LogP contribution in [0.3, 0.4) is 0 Å². The molecule has 1 aromatic carbocycles. The van der Waals surface area contributed by atoms with Gasteiger partial charge in [0.25, 0.3) is 0 Å². The summed E-state index contributed by atoms with van der Waals surface area (Å²) in [6.07, 6.45) is 2.31. The van der Waals surface area contributed by atoms with Gasteiger partial charge in [-0.1, -0.05) is 46.3 Å². The molecule has 0 aliphatic heterocycles. The number of halogens is 1. The minimum atomic E-state index is 0.595. The van der Waals surface area contributed by atoms with E-state index < -0.39 is 0 Å². The third kappa shape index (κ3) is 3.39. The van der Waals surface area contributed by atoms with Gasteiger partial charge >= 0.3 is 0 Å². The molecular formula is C14H16BrNS. The number of benzene rings is 1. The molecule has 1 nitrogen and oxygen atoms in total. The molecule has 0 fully saturated rings. The SMILES string of the molecule is Cc1ncsc1CCC(CBr)c1ccccc1. The molecule has 0 saturated heterocycles. The summed E-state index contributed by atoms with van der Waals surface area (Å²) in [5.74, 6) is 0.595. The summed E-state index contributed by atoms with van der Waals surface area (Å²) in [7, 11) is 0. The Balaban J connectivity index is 1.99. The van der Waals surface area contributed by atoms with Crippen molar-refractivity contribution in [1.82, 2.24) is 4.98 Å². The average Bonchev–Trinajstić information content (AvgIpc) is 2.77. The van der Waals surface area contributed by atoms with Crippen molar-refractivity contribution in [2.45, 2.75) is 25.7 Å². The molecule has 17 heavy (non-hydrogen) atoms. The summed E-state index contributed by atoms with van der Waals surface area (Å²) < 4.78 is 0. The standard InChI is InChI=1S/C14H16BrNS/c1-11-14(17-10-16-11)8-7-13(9-15)12-5-3-2-4-6-12/h2-6,10,13H,7-9H2,1H3. The van der Waals surface area contributed by atoms with Crippen molar-refractivity contribution in [1.29, 1.82) is 0 Å². The monoisotopic (exact) mass is 309 g/mol. The van der Waals surface area contributed by atoms with Crippen molar-refractivity contribution in [3.8, 4) is 0 Å². The predicted molar refractivity (Wildman–Crippen MR) is 78.1 cm³/mol. The first-order valence-electron chi connectivity index (χ1n) is 5.81. The zero-order valence-corrected chi connectivity index (χ0v) is 12.3. The maximum absolute atomic E-state index is 4.30. The van der Waals surface area contributed by atoms with Crippen molar-refractivity contribution in [2.24, 2.45) is 0 Å². The number of aromatic nitrogens is 1. The van der Waals surface area contributed by atoms with E-state index in [4.69, 9.17) is 0 Å². The number of thiazole rings is 1. The van der Waals surface area contributed by atoms with Gasteiger partial charge in [-0.25, -0.2) is 4.98 Å². The molecule has 1 aromatic heterocycles. The number of hydrogen-bond acceptors (Lipinski definition) is 2. The van der Waals surface area contributed by atoms with Crippen LogP contribution in [0, 0.1) is 6.92 Å². The zero-order chi connectivity index (χ0) is 12.1. The number of rotatable bonds is 5. The Morgan fingerprint density at radius 1 is 1.29 bits per heavy atom. The number of hydrogen-bond donors (Lipinski definition) is 0. The first-order valence-corrected chi connectivity index (χ1v) is 7.81. The van der Waals surface area contributed by atoms with E-state index in [0.29, 0.717) is 5.92 Å². The van der Waals surface area contributed by atoms with Crippen LogP contribution in [0.5, 0.6) is 0 Å². The summed E-state index contributed by atoms with van der Waals surface area (Å²) in [6.45, 7) is 2.09. The lowest BCUT2D eigenvalue weighted by atomic mass is 9.96. The highest BCUT2D eigenvalue weighted by atomic mass is 79.9. The molecule has 90 valence electrons. The Morgan fingerprint density at radius 3 is 2.65 bits per heavy atom. The highest BCUT2D eigenvalue weighted by molar-refractivity contribution is 9.09. The fraction of sp³-hybridized carbons (Fsp3) is 0.357. The summed E-state index contributed by atoms with van der Waals surface area (Å²) in [4.78, 5) is 5.72. The first-order chi connectivity index (χ1) is 8.31. The number of alkyl halides is 1. The molecule has 0 radical (unpaired) electrons. The van der Waals surface area contributed by atoms with Gasteiger partial charge in [-0.15, -0.1) is 11.3 Å². The van der Waals surface area contributed by atoms with Crippen LogP contribution in [0.1, 0.15) is 28.5 Å². The van der Waals surface area contributed by atoms with Gasteiger partial charge in [0, 0.05) is 10.2 Å². The van der Waals surface area contributed by atoms with Crippen LogP contribution >= 0.6 is 27.3 Å². The highest BCUT2D eigenvalue weighted by Crippen LogP contribution is 2.25. The van der Waals surface area contributed by atoms with E-state index in [-0.39, 0.29) is 0 Å². The van der Waals surface area contributed by atoms with E-state index in [9.17, 15) is 0 Å². The largest absolute Gasteiger partial charge is 0.250 e. The van der Waals surface area contributed by atoms with Gasteiger partial charge in [0.2, 0.25) is 0 Å². The van der Waals surface area contributed by atoms with Crippen molar-refractivity contribution >= 4 is 27.3 Å². The molecule has 2 rings (SSSR count). The number of aryl methyl sites for hydroxylation is 2. The lowest BCUT2D eigenvalue weighted by molar-refractivity contribution is 0.694. The van der Waals surface area contributed by atoms with Crippen LogP contribution in [0.15, 0.2) is 35.8 Å². The molecule has 0 amide bonds. The predicted octanol–water partition coefficient (Wildman–Crippen LogP) is 4.56. The summed E-state index contributed by atoms with van der Waals surface area (Å²) in [6, 6.07) is 10.7. The molecule has 2 aromatic rings. The molecule has 3 heteroatoms. The second-order valence-electron chi connectivity index (χ2n) is 4.16. The minimum Gasteiger partial charge on any atom is -0.250 e. The van der Waals surface area contributed by atoms with Crippen LogP contribution in [0.2, 0.25) is 0 Å². The molecule has 1 atom stereocenters. The topological polar surface area (TPSA) is 12.9 Å². The minimum absolute atomic E-state index is 0.595. The Labute approximate surface area is 115 Å². The van der Waals surface area contributed by atoms with E-state index in [2.05, 4.69) is 58.2 Å². The maximum atomic E-state index is 4.30. The fourth-order valence-electron chi connectivity index (χ4n) is 1.93. The van der Waals surface area contributed by atoms with Crippen LogP contribution in [0.25, 0.3) is 0 Å². The fourth-order valence-corrected chi connectivity index (χ4v) is 3.42. The second-order valence-corrected chi connectivity index (χ2v) is 5.75. The Bertz CT molecular complexity index is 452. The highest BCUT2D eigenvalue weighted by Gasteiger charge is 2.11. The summed E-state index contributed by atoms with van der Waals surface area (Å²) in [5, 5.41) is 1.02. The van der Waals surface area contributed by atoms with E-state index in [1.54, 1.807) is 11.3 Å². The van der Waals surface area contributed by atoms with Crippen LogP contribution in [-0.4, -0.2) is 10.3 Å². The van der Waals surface area contributed by atoms with Crippen molar-refractivity contribution in [3.63, 3.8) is 0 Å². The lowest BCUT2D eigenvalue weighted by Gasteiger charge is -2.13. The van der Waals surface area contributed by atoms with Gasteiger partial charge in [-0.05, 0) is 31.2 Å². The molecular weight excluding hydrogens is 294 g/mol. The second kappa shape index (κ2) is 6.31. The van der Waals surface area contributed by atoms with Crippen molar-refractivity contribution < 1.29 is 0 Å². The van der Waals surface area contributed by atoms with Crippen molar-refractivity contribution in [3.05, 3.63) is 52.0 Å². The zero-order valence-electron chi connectivity index (χ0n) is 9.90. The van der Waals surface area contributed by atoms with Gasteiger partial charge in [-0.2, -0.15) is 0 Å². The van der Waals surface area contributed by atoms with Gasteiger partial charge in [0.15, 0.2) is 0 Å². The van der Waals surface area contributed by atoms with Gasteiger partial charge in [0.05, 0.1) is 11.2 Å². The van der Waals surface area contributed by atoms with Gasteiger partial charge in [0.1, 0.15) is 0 Å². The van der Waals surface area contributed by atoms with E-state index in [0.717, 1.165) is 11.8 Å². The maximum Gasteiger partial charge on any atom is 0.0797 e. The lowest BCUT2D eigenvalue weighted by Crippen LogP contribution is -2.02. The third-order valence-electron chi connectivity index (χ3n) is 3.02. The van der Waals surface area contributed by atoms with E-state index in [1.165, 1.54) is 22.6 Å². The Morgan fingerprint density at radius 2 is 2.06 bits per heavy atom. The molecule has 0 spiro atoms.